The summed E-state index contributed by atoms with van der Waals surface area (Å²) < 4.78 is 1.66. The summed E-state index contributed by atoms with van der Waals surface area (Å²) in [5, 5.41) is 4.41. The third kappa shape index (κ3) is 5.27. The molecule has 0 unspecified atom stereocenters. The van der Waals surface area contributed by atoms with Crippen molar-refractivity contribution in [1.82, 2.24) is 19.9 Å². The molecule has 0 fully saturated rings. The molecule has 0 amide bonds. The van der Waals surface area contributed by atoms with Crippen LogP contribution < -0.4 is 0 Å². The number of halogens is 2. The number of fused-ring (bicyclic) bond motifs is 6. The Kier molecular flexibility index (Phi) is 7.16. The molecular formula is C36H22Br2N4. The van der Waals surface area contributed by atoms with Crippen molar-refractivity contribution < 1.29 is 0 Å². The third-order valence-corrected chi connectivity index (χ3v) is 7.99. The highest BCUT2D eigenvalue weighted by Crippen LogP contribution is 2.28. The van der Waals surface area contributed by atoms with E-state index in [-0.39, 0.29) is 0 Å². The fraction of sp³-hybridized carbons (Fsp3) is 0. The van der Waals surface area contributed by atoms with E-state index in [4.69, 9.17) is 9.97 Å². The van der Waals surface area contributed by atoms with E-state index in [1.165, 1.54) is 0 Å². The third-order valence-electron chi connectivity index (χ3n) is 7.11. The largest absolute Gasteiger partial charge is 0.245 e. The minimum atomic E-state index is 0.828. The number of nitrogens with zero attached hydrogens (tertiary/aromatic N) is 4. The van der Waals surface area contributed by atoms with E-state index in [0.29, 0.717) is 0 Å². The number of pyridine rings is 4. The Labute approximate surface area is 259 Å². The van der Waals surface area contributed by atoms with Gasteiger partial charge in [0.2, 0.25) is 0 Å². The fourth-order valence-electron chi connectivity index (χ4n) is 5.03. The highest BCUT2D eigenvalue weighted by Gasteiger charge is 2.08. The molecule has 0 aliphatic rings. The Balaban J connectivity index is 0.000000137. The van der Waals surface area contributed by atoms with Crippen LogP contribution in [-0.4, -0.2) is 19.9 Å². The van der Waals surface area contributed by atoms with Gasteiger partial charge in [0.15, 0.2) is 0 Å². The standard InChI is InChI=1S/2C18H11BrN2/c2*19-16-11-9-14-7-6-13-8-10-15(12-4-2-1-3-5-12)20-17(13)18(14)21-16/h2*1-11H. The molecule has 8 rings (SSSR count). The van der Waals surface area contributed by atoms with E-state index in [1.54, 1.807) is 0 Å². The van der Waals surface area contributed by atoms with Crippen molar-refractivity contribution in [3.05, 3.63) is 143 Å². The molecule has 0 aliphatic carbocycles. The second-order valence-electron chi connectivity index (χ2n) is 9.81. The zero-order valence-corrected chi connectivity index (χ0v) is 25.4. The van der Waals surface area contributed by atoms with Gasteiger partial charge in [-0.3, -0.25) is 0 Å². The van der Waals surface area contributed by atoms with Gasteiger partial charge in [-0.15, -0.1) is 0 Å². The highest BCUT2D eigenvalue weighted by molar-refractivity contribution is 9.10. The first kappa shape index (κ1) is 26.4. The van der Waals surface area contributed by atoms with E-state index in [2.05, 4.69) is 127 Å². The second-order valence-corrected chi connectivity index (χ2v) is 11.4. The Bertz CT molecular complexity index is 2060. The first-order valence-corrected chi connectivity index (χ1v) is 15.0. The molecule has 0 saturated heterocycles. The SMILES string of the molecule is Brc1ccc2ccc3ccc(-c4ccccc4)nc3c2n1.Brc1ccc2ccc3ccc(-c4ccccc4)nc3c2n1. The number of benzene rings is 4. The summed E-state index contributed by atoms with van der Waals surface area (Å²) in [5.41, 5.74) is 7.91. The lowest BCUT2D eigenvalue weighted by Gasteiger charge is -2.06. The lowest BCUT2D eigenvalue weighted by Crippen LogP contribution is -1.89. The van der Waals surface area contributed by atoms with Crippen LogP contribution in [0.5, 0.6) is 0 Å². The van der Waals surface area contributed by atoms with Crippen LogP contribution in [0.4, 0.5) is 0 Å². The topological polar surface area (TPSA) is 51.6 Å². The monoisotopic (exact) mass is 668 g/mol. The zero-order valence-electron chi connectivity index (χ0n) is 22.2. The molecule has 0 atom stereocenters. The van der Waals surface area contributed by atoms with Crippen molar-refractivity contribution in [3.63, 3.8) is 0 Å². The Morgan fingerprint density at radius 2 is 0.619 bits per heavy atom. The lowest BCUT2D eigenvalue weighted by molar-refractivity contribution is 1.34. The number of aromatic nitrogens is 4. The van der Waals surface area contributed by atoms with E-state index in [9.17, 15) is 0 Å². The predicted molar refractivity (Wildman–Crippen MR) is 180 cm³/mol. The first-order valence-electron chi connectivity index (χ1n) is 13.5. The van der Waals surface area contributed by atoms with Gasteiger partial charge in [-0.05, 0) is 56.1 Å². The van der Waals surface area contributed by atoms with Crippen molar-refractivity contribution in [2.45, 2.75) is 0 Å². The van der Waals surface area contributed by atoms with Gasteiger partial charge in [0.25, 0.3) is 0 Å². The summed E-state index contributed by atoms with van der Waals surface area (Å²) in [6.07, 6.45) is 0. The molecule has 0 aliphatic heterocycles. The summed E-state index contributed by atoms with van der Waals surface area (Å²) in [7, 11) is 0. The lowest BCUT2D eigenvalue weighted by atomic mass is 10.1. The Morgan fingerprint density at radius 3 is 1.00 bits per heavy atom. The molecule has 0 saturated carbocycles. The van der Waals surface area contributed by atoms with Gasteiger partial charge in [0.05, 0.1) is 33.5 Å². The van der Waals surface area contributed by atoms with Crippen LogP contribution in [0.3, 0.4) is 0 Å². The number of rotatable bonds is 2. The molecular weight excluding hydrogens is 648 g/mol. The smallest absolute Gasteiger partial charge is 0.106 e. The van der Waals surface area contributed by atoms with Crippen LogP contribution in [0.15, 0.2) is 143 Å². The quantitative estimate of drug-likeness (QED) is 0.136. The molecule has 4 heterocycles. The van der Waals surface area contributed by atoms with E-state index in [0.717, 1.165) is 75.3 Å². The van der Waals surface area contributed by atoms with Crippen LogP contribution in [0, 0.1) is 0 Å². The fourth-order valence-corrected chi connectivity index (χ4v) is 5.65. The zero-order chi connectivity index (χ0) is 28.5. The van der Waals surface area contributed by atoms with Gasteiger partial charge in [0.1, 0.15) is 9.21 Å². The van der Waals surface area contributed by atoms with Crippen molar-refractivity contribution in [3.8, 4) is 22.5 Å². The molecule has 42 heavy (non-hydrogen) atoms. The molecule has 0 N–H and O–H groups in total. The van der Waals surface area contributed by atoms with Gasteiger partial charge in [-0.1, -0.05) is 109 Å². The summed E-state index contributed by atoms with van der Waals surface area (Å²) in [6, 6.07) is 45.1. The van der Waals surface area contributed by atoms with Crippen LogP contribution in [0.2, 0.25) is 0 Å². The van der Waals surface area contributed by atoms with Gasteiger partial charge in [-0.2, -0.15) is 0 Å². The molecule has 0 bridgehead atoms. The Hall–Kier alpha value is -4.52. The molecule has 6 heteroatoms. The first-order chi connectivity index (χ1) is 20.6. The van der Waals surface area contributed by atoms with E-state index in [1.807, 2.05) is 48.5 Å². The maximum Gasteiger partial charge on any atom is 0.106 e. The molecule has 4 nitrogen and oxygen atoms in total. The minimum Gasteiger partial charge on any atom is -0.245 e. The number of hydrogen-bond acceptors (Lipinski definition) is 4. The van der Waals surface area contributed by atoms with Gasteiger partial charge < -0.3 is 0 Å². The van der Waals surface area contributed by atoms with Crippen LogP contribution in [0.1, 0.15) is 0 Å². The van der Waals surface area contributed by atoms with Crippen molar-refractivity contribution in [2.75, 3.05) is 0 Å². The summed E-state index contributed by atoms with van der Waals surface area (Å²) in [5.74, 6) is 0. The van der Waals surface area contributed by atoms with Gasteiger partial charge >= 0.3 is 0 Å². The summed E-state index contributed by atoms with van der Waals surface area (Å²) >= 11 is 6.89. The van der Waals surface area contributed by atoms with Crippen LogP contribution in [-0.2, 0) is 0 Å². The van der Waals surface area contributed by atoms with Crippen LogP contribution in [0.25, 0.3) is 66.1 Å². The maximum absolute atomic E-state index is 4.83. The predicted octanol–water partition coefficient (Wildman–Crippen LogP) is 10.4. The van der Waals surface area contributed by atoms with Gasteiger partial charge in [0, 0.05) is 32.7 Å². The van der Waals surface area contributed by atoms with Gasteiger partial charge in [-0.25, -0.2) is 19.9 Å². The molecule has 200 valence electrons. The summed E-state index contributed by atoms with van der Waals surface area (Å²) in [6.45, 7) is 0. The van der Waals surface area contributed by atoms with Crippen molar-refractivity contribution in [2.24, 2.45) is 0 Å². The minimum absolute atomic E-state index is 0.828. The normalized spacial score (nSPS) is 11.1. The summed E-state index contributed by atoms with van der Waals surface area (Å²) in [4.78, 5) is 18.8. The molecule has 8 aromatic rings. The van der Waals surface area contributed by atoms with E-state index < -0.39 is 0 Å². The average molecular weight is 670 g/mol. The Morgan fingerprint density at radius 1 is 0.310 bits per heavy atom. The van der Waals surface area contributed by atoms with E-state index >= 15 is 0 Å². The maximum atomic E-state index is 4.83. The molecule has 0 radical (unpaired) electrons. The molecule has 0 spiro atoms. The van der Waals surface area contributed by atoms with Crippen molar-refractivity contribution in [1.29, 1.82) is 0 Å². The van der Waals surface area contributed by atoms with Crippen LogP contribution >= 0.6 is 31.9 Å². The van der Waals surface area contributed by atoms with Crippen molar-refractivity contribution >= 4 is 75.5 Å². The highest BCUT2D eigenvalue weighted by atomic mass is 79.9. The molecule has 4 aromatic heterocycles. The number of hydrogen-bond donors (Lipinski definition) is 0. The average Bonchev–Trinajstić information content (AvgIpc) is 3.05. The molecule has 4 aromatic carbocycles. The second kappa shape index (κ2) is 11.4.